The Kier molecular flexibility index (Phi) is 2.56. The topological polar surface area (TPSA) is 15.6 Å². The van der Waals surface area contributed by atoms with Crippen LogP contribution in [0.4, 0.5) is 0 Å². The maximum Gasteiger partial charge on any atom is 0.103 e. The van der Waals surface area contributed by atoms with Crippen LogP contribution in [0, 0.1) is 0 Å². The number of amidine groups is 1. The molecule has 1 unspecified atom stereocenters. The second-order valence-corrected chi connectivity index (χ2v) is 5.12. The van der Waals surface area contributed by atoms with Gasteiger partial charge in [-0.05, 0) is 6.66 Å². The molecule has 0 aromatic heterocycles. The number of aliphatic imine (C=N–C) groups is 1. The lowest BCUT2D eigenvalue weighted by Gasteiger charge is -2.13. The molecule has 0 aromatic carbocycles. The van der Waals surface area contributed by atoms with Crippen molar-refractivity contribution in [3.05, 3.63) is 0 Å². The van der Waals surface area contributed by atoms with E-state index in [-0.39, 0.29) is 7.55 Å². The van der Waals surface area contributed by atoms with E-state index in [0.717, 1.165) is 19.3 Å². The highest BCUT2D eigenvalue weighted by molar-refractivity contribution is 7.55. The molecule has 58 valence electrons. The molecule has 0 saturated carbocycles. The summed E-state index contributed by atoms with van der Waals surface area (Å²) in [6.07, 6.45) is 5.16. The van der Waals surface area contributed by atoms with Crippen molar-refractivity contribution in [1.29, 1.82) is 0 Å². The van der Waals surface area contributed by atoms with Crippen LogP contribution in [0.15, 0.2) is 4.99 Å². The fourth-order valence-corrected chi connectivity index (χ4v) is 1.96. The van der Waals surface area contributed by atoms with Gasteiger partial charge >= 0.3 is 0 Å². The van der Waals surface area contributed by atoms with Crippen LogP contribution in [0.2, 0.25) is 0 Å². The van der Waals surface area contributed by atoms with Gasteiger partial charge in [0.25, 0.3) is 0 Å². The van der Waals surface area contributed by atoms with Gasteiger partial charge in [0.2, 0.25) is 0 Å². The van der Waals surface area contributed by atoms with E-state index in [0.29, 0.717) is 0 Å². The molecule has 0 amide bonds. The minimum absolute atomic E-state index is 0.373. The Morgan fingerprint density at radius 2 is 2.50 bits per heavy atom. The lowest BCUT2D eigenvalue weighted by molar-refractivity contribution is 0.554. The highest BCUT2D eigenvalue weighted by Crippen LogP contribution is 2.15. The van der Waals surface area contributed by atoms with E-state index in [1.165, 1.54) is 5.84 Å². The van der Waals surface area contributed by atoms with Gasteiger partial charge in [-0.15, -0.1) is 13.8 Å². The normalized spacial score (nSPS) is 21.0. The first kappa shape index (κ1) is 7.87. The fourth-order valence-electron chi connectivity index (χ4n) is 1.04. The minimum atomic E-state index is -0.373. The molecule has 1 rings (SSSR count). The summed E-state index contributed by atoms with van der Waals surface area (Å²) in [5.41, 5.74) is 0. The molecule has 0 fully saturated rings. The Morgan fingerprint density at radius 1 is 1.80 bits per heavy atom. The third-order valence-electron chi connectivity index (χ3n) is 1.63. The monoisotopic (exact) mass is 158 g/mol. The summed E-state index contributed by atoms with van der Waals surface area (Å²) in [5, 5.41) is 0. The maximum absolute atomic E-state index is 4.38. The number of likely N-dealkylation sites (N-methyl/N-ethyl adjacent to an activating group) is 1. The molecule has 1 aliphatic rings. The molecular formula is C7H15N2P. The Labute approximate surface area is 63.3 Å². The second-order valence-electron chi connectivity index (χ2n) is 2.85. The summed E-state index contributed by atoms with van der Waals surface area (Å²) in [4.78, 5) is 6.62. The predicted octanol–water partition coefficient (Wildman–Crippen LogP) is 0.606. The van der Waals surface area contributed by atoms with Crippen LogP contribution in [0.5, 0.6) is 0 Å². The van der Waals surface area contributed by atoms with Crippen molar-refractivity contribution in [2.75, 3.05) is 33.0 Å². The Bertz CT molecular complexity index is 174. The summed E-state index contributed by atoms with van der Waals surface area (Å²) in [6.45, 7) is 4.31. The van der Waals surface area contributed by atoms with Gasteiger partial charge < -0.3 is 4.90 Å². The van der Waals surface area contributed by atoms with Crippen LogP contribution < -0.4 is 0 Å². The first-order valence-corrected chi connectivity index (χ1v) is 6.00. The molecule has 3 heteroatoms. The predicted molar refractivity (Wildman–Crippen MR) is 51.2 cm³/mol. The van der Waals surface area contributed by atoms with Crippen molar-refractivity contribution in [3.63, 3.8) is 0 Å². The standard InChI is InChI=1S/C7H15N2P/c1-9-5-4-8-7(9)6-10(2)3/h10H,2,4-6H2,1,3H3. The smallest absolute Gasteiger partial charge is 0.103 e. The average molecular weight is 158 g/mol. The number of rotatable bonds is 2. The van der Waals surface area contributed by atoms with Crippen LogP contribution in [0.1, 0.15) is 0 Å². The van der Waals surface area contributed by atoms with Crippen molar-refractivity contribution < 1.29 is 0 Å². The van der Waals surface area contributed by atoms with Crippen LogP contribution in [-0.2, 0) is 0 Å². The number of hydrogen-bond acceptors (Lipinski definition) is 2. The molecule has 0 bridgehead atoms. The van der Waals surface area contributed by atoms with E-state index < -0.39 is 0 Å². The van der Waals surface area contributed by atoms with Crippen molar-refractivity contribution in [3.8, 4) is 0 Å². The van der Waals surface area contributed by atoms with E-state index in [9.17, 15) is 0 Å². The first-order valence-electron chi connectivity index (χ1n) is 3.59. The van der Waals surface area contributed by atoms with Crippen LogP contribution >= 0.6 is 7.55 Å². The molecule has 0 N–H and O–H groups in total. The zero-order chi connectivity index (χ0) is 7.56. The molecule has 0 aliphatic carbocycles. The maximum atomic E-state index is 4.38. The molecular weight excluding hydrogens is 143 g/mol. The Balaban J connectivity index is 2.47. The number of nitrogens with zero attached hydrogens (tertiary/aromatic N) is 2. The fraction of sp³-hybridized carbons (Fsp3) is 0.714. The van der Waals surface area contributed by atoms with Gasteiger partial charge in [0.15, 0.2) is 0 Å². The quantitative estimate of drug-likeness (QED) is 0.537. The molecule has 0 saturated heterocycles. The summed E-state index contributed by atoms with van der Waals surface area (Å²) in [6, 6.07) is 0. The van der Waals surface area contributed by atoms with Crippen molar-refractivity contribution in [1.82, 2.24) is 4.90 Å². The van der Waals surface area contributed by atoms with E-state index in [4.69, 9.17) is 0 Å². The first-order chi connectivity index (χ1) is 4.70. The molecule has 1 heterocycles. The molecule has 10 heavy (non-hydrogen) atoms. The van der Waals surface area contributed by atoms with Crippen LogP contribution in [0.3, 0.4) is 0 Å². The zero-order valence-corrected chi connectivity index (χ0v) is 7.72. The minimum Gasteiger partial charge on any atom is -0.361 e. The van der Waals surface area contributed by atoms with Gasteiger partial charge in [0, 0.05) is 19.8 Å². The van der Waals surface area contributed by atoms with Crippen molar-refractivity contribution in [2.45, 2.75) is 0 Å². The van der Waals surface area contributed by atoms with Crippen molar-refractivity contribution >= 4 is 19.7 Å². The number of hydrogen-bond donors (Lipinski definition) is 0. The highest BCUT2D eigenvalue weighted by atomic mass is 31.1. The largest absolute Gasteiger partial charge is 0.361 e. The average Bonchev–Trinajstić information content (AvgIpc) is 2.15. The molecule has 0 radical (unpaired) electrons. The SMILES string of the molecule is C=[PH](C)CC1=NCCN1C. The lowest BCUT2D eigenvalue weighted by Crippen LogP contribution is -2.24. The van der Waals surface area contributed by atoms with Gasteiger partial charge in [-0.1, -0.05) is 0 Å². The van der Waals surface area contributed by atoms with Crippen molar-refractivity contribution in [2.24, 2.45) is 4.99 Å². The van der Waals surface area contributed by atoms with Gasteiger partial charge in [-0.3, -0.25) is 4.99 Å². The van der Waals surface area contributed by atoms with E-state index in [2.05, 4.69) is 29.9 Å². The van der Waals surface area contributed by atoms with E-state index >= 15 is 0 Å². The third kappa shape index (κ3) is 1.88. The summed E-state index contributed by atoms with van der Waals surface area (Å²) in [5.74, 6) is 1.27. The van der Waals surface area contributed by atoms with Gasteiger partial charge in [-0.2, -0.15) is 0 Å². The molecule has 1 aliphatic heterocycles. The van der Waals surface area contributed by atoms with Gasteiger partial charge in [0.05, 0.1) is 6.54 Å². The lowest BCUT2D eigenvalue weighted by atomic mass is 10.6. The second kappa shape index (κ2) is 3.25. The zero-order valence-electron chi connectivity index (χ0n) is 6.72. The summed E-state index contributed by atoms with van der Waals surface area (Å²) >= 11 is 0. The summed E-state index contributed by atoms with van der Waals surface area (Å²) in [7, 11) is 1.74. The van der Waals surface area contributed by atoms with E-state index in [1.54, 1.807) is 0 Å². The van der Waals surface area contributed by atoms with Crippen LogP contribution in [0.25, 0.3) is 0 Å². The Hall–Kier alpha value is -0.230. The molecule has 2 nitrogen and oxygen atoms in total. The van der Waals surface area contributed by atoms with Crippen LogP contribution in [-0.4, -0.2) is 50.0 Å². The third-order valence-corrected chi connectivity index (χ3v) is 2.55. The Morgan fingerprint density at radius 3 is 2.90 bits per heavy atom. The summed E-state index contributed by atoms with van der Waals surface area (Å²) < 4.78 is 0. The molecule has 1 atom stereocenters. The highest BCUT2D eigenvalue weighted by Gasteiger charge is 2.10. The van der Waals surface area contributed by atoms with Gasteiger partial charge in [0.1, 0.15) is 5.84 Å². The molecule has 0 spiro atoms. The van der Waals surface area contributed by atoms with Gasteiger partial charge in [-0.25, -0.2) is 0 Å². The van der Waals surface area contributed by atoms with E-state index in [1.807, 2.05) is 0 Å². The molecule has 0 aromatic rings.